The summed E-state index contributed by atoms with van der Waals surface area (Å²) in [6.45, 7) is 2.65. The van der Waals surface area contributed by atoms with Crippen LogP contribution in [-0.4, -0.2) is 17.1 Å². The Kier molecular flexibility index (Phi) is 5.37. The van der Waals surface area contributed by atoms with Crippen molar-refractivity contribution in [1.29, 1.82) is 0 Å². The Balaban J connectivity index is 2.15. The lowest BCUT2D eigenvalue weighted by Crippen LogP contribution is -2.14. The molecule has 0 aliphatic heterocycles. The molecule has 0 bridgehead atoms. The molecule has 124 valence electrons. The third kappa shape index (κ3) is 3.27. The van der Waals surface area contributed by atoms with Crippen LogP contribution >= 0.6 is 45.8 Å². The highest BCUT2D eigenvalue weighted by atomic mass is 127. The average molecular weight is 474 g/mol. The van der Waals surface area contributed by atoms with Gasteiger partial charge >= 0.3 is 5.97 Å². The van der Waals surface area contributed by atoms with Crippen molar-refractivity contribution in [3.63, 3.8) is 0 Å². The number of para-hydroxylation sites is 1. The molecule has 3 nitrogen and oxygen atoms in total. The Hall–Kier alpha value is -1.24. The van der Waals surface area contributed by atoms with Crippen molar-refractivity contribution < 1.29 is 9.53 Å². The number of rotatable bonds is 4. The molecule has 0 fully saturated rings. The third-order valence-electron chi connectivity index (χ3n) is 3.70. The van der Waals surface area contributed by atoms with Crippen LogP contribution in [0.2, 0.25) is 10.0 Å². The average Bonchev–Trinajstić information content (AvgIpc) is 2.84. The molecule has 0 radical (unpaired) electrons. The Bertz CT molecular complexity index is 921. The summed E-state index contributed by atoms with van der Waals surface area (Å²) in [7, 11) is 0. The normalized spacial score (nSPS) is 11.0. The minimum Gasteiger partial charge on any atom is -0.461 e. The number of aromatic nitrogens is 1. The lowest BCUT2D eigenvalue weighted by molar-refractivity contribution is 0.0513. The molecular formula is C18H14Cl2INO2. The van der Waals surface area contributed by atoms with Gasteiger partial charge in [0.25, 0.3) is 0 Å². The maximum Gasteiger partial charge on any atom is 0.356 e. The number of hydrogen-bond donors (Lipinski definition) is 0. The molecule has 3 aromatic rings. The van der Waals surface area contributed by atoms with E-state index in [0.717, 1.165) is 20.0 Å². The Morgan fingerprint density at radius 3 is 2.62 bits per heavy atom. The van der Waals surface area contributed by atoms with Crippen molar-refractivity contribution in [2.45, 2.75) is 13.5 Å². The van der Waals surface area contributed by atoms with Crippen molar-refractivity contribution in [1.82, 2.24) is 4.57 Å². The van der Waals surface area contributed by atoms with Crippen LogP contribution in [0.5, 0.6) is 0 Å². The molecule has 0 unspecified atom stereocenters. The number of hydrogen-bond acceptors (Lipinski definition) is 2. The fraction of sp³-hybridized carbons (Fsp3) is 0.167. The summed E-state index contributed by atoms with van der Waals surface area (Å²) in [5, 5.41) is 2.04. The highest BCUT2D eigenvalue weighted by molar-refractivity contribution is 14.1. The SMILES string of the molecule is CCOC(=O)c1c(I)c2ccccc2n1Cc1ccc(Cl)c(Cl)c1. The van der Waals surface area contributed by atoms with Crippen LogP contribution in [0.4, 0.5) is 0 Å². The van der Waals surface area contributed by atoms with E-state index in [1.165, 1.54) is 0 Å². The van der Waals surface area contributed by atoms with Gasteiger partial charge in [-0.05, 0) is 53.3 Å². The van der Waals surface area contributed by atoms with E-state index >= 15 is 0 Å². The molecule has 2 aromatic carbocycles. The van der Waals surface area contributed by atoms with Crippen LogP contribution in [0, 0.1) is 3.57 Å². The number of nitrogens with zero attached hydrogens (tertiary/aromatic N) is 1. The number of benzene rings is 2. The second kappa shape index (κ2) is 7.33. The van der Waals surface area contributed by atoms with Crippen molar-refractivity contribution in [2.75, 3.05) is 6.61 Å². The van der Waals surface area contributed by atoms with Gasteiger partial charge in [0.1, 0.15) is 5.69 Å². The summed E-state index contributed by atoms with van der Waals surface area (Å²) in [6.07, 6.45) is 0. The Morgan fingerprint density at radius 2 is 1.92 bits per heavy atom. The highest BCUT2D eigenvalue weighted by Gasteiger charge is 2.22. The van der Waals surface area contributed by atoms with Gasteiger partial charge in [0.15, 0.2) is 0 Å². The minimum absolute atomic E-state index is 0.321. The summed E-state index contributed by atoms with van der Waals surface area (Å²) in [5.41, 5.74) is 2.51. The molecule has 1 heterocycles. The van der Waals surface area contributed by atoms with Gasteiger partial charge in [-0.1, -0.05) is 47.5 Å². The maximum absolute atomic E-state index is 12.5. The zero-order chi connectivity index (χ0) is 17.3. The van der Waals surface area contributed by atoms with E-state index in [-0.39, 0.29) is 5.97 Å². The molecule has 0 aliphatic rings. The van der Waals surface area contributed by atoms with Gasteiger partial charge < -0.3 is 9.30 Å². The highest BCUT2D eigenvalue weighted by Crippen LogP contribution is 2.30. The summed E-state index contributed by atoms with van der Waals surface area (Å²) in [5.74, 6) is -0.321. The van der Waals surface area contributed by atoms with Crippen molar-refractivity contribution >= 4 is 62.7 Å². The van der Waals surface area contributed by atoms with E-state index in [9.17, 15) is 4.79 Å². The van der Waals surface area contributed by atoms with E-state index in [1.54, 1.807) is 13.0 Å². The number of fused-ring (bicyclic) bond motifs is 1. The monoisotopic (exact) mass is 473 g/mol. The lowest BCUT2D eigenvalue weighted by atomic mass is 10.2. The molecule has 0 saturated heterocycles. The van der Waals surface area contributed by atoms with Crippen molar-refractivity contribution in [3.05, 3.63) is 67.3 Å². The number of ether oxygens (including phenoxy) is 1. The number of esters is 1. The third-order valence-corrected chi connectivity index (χ3v) is 5.53. The van der Waals surface area contributed by atoms with Crippen LogP contribution in [0.15, 0.2) is 42.5 Å². The van der Waals surface area contributed by atoms with Crippen molar-refractivity contribution in [2.24, 2.45) is 0 Å². The van der Waals surface area contributed by atoms with Crippen LogP contribution in [-0.2, 0) is 11.3 Å². The smallest absolute Gasteiger partial charge is 0.356 e. The Morgan fingerprint density at radius 1 is 1.17 bits per heavy atom. The van der Waals surface area contributed by atoms with Gasteiger partial charge in [-0.15, -0.1) is 0 Å². The summed E-state index contributed by atoms with van der Waals surface area (Å²) < 4.78 is 8.11. The fourth-order valence-corrected chi connectivity index (χ4v) is 3.93. The molecule has 0 amide bonds. The van der Waals surface area contributed by atoms with E-state index in [2.05, 4.69) is 22.6 Å². The van der Waals surface area contributed by atoms with Crippen molar-refractivity contribution in [3.8, 4) is 0 Å². The molecule has 3 rings (SSSR count). The zero-order valence-corrected chi connectivity index (χ0v) is 16.5. The molecule has 1 aromatic heterocycles. The molecule has 24 heavy (non-hydrogen) atoms. The number of carbonyl (C=O) groups excluding carboxylic acids is 1. The molecule has 0 saturated carbocycles. The Labute approximate surface area is 163 Å². The van der Waals surface area contributed by atoms with Crippen LogP contribution in [0.25, 0.3) is 10.9 Å². The van der Waals surface area contributed by atoms with Gasteiger partial charge in [0, 0.05) is 11.9 Å². The van der Waals surface area contributed by atoms with Gasteiger partial charge in [-0.3, -0.25) is 0 Å². The lowest BCUT2D eigenvalue weighted by Gasteiger charge is -2.11. The zero-order valence-electron chi connectivity index (χ0n) is 12.9. The fourth-order valence-electron chi connectivity index (χ4n) is 2.65. The largest absolute Gasteiger partial charge is 0.461 e. The molecule has 0 N–H and O–H groups in total. The molecule has 0 atom stereocenters. The first-order valence-electron chi connectivity index (χ1n) is 7.40. The summed E-state index contributed by atoms with van der Waals surface area (Å²) in [4.78, 5) is 12.5. The predicted molar refractivity (Wildman–Crippen MR) is 106 cm³/mol. The molecule has 6 heteroatoms. The van der Waals surface area contributed by atoms with Crippen LogP contribution < -0.4 is 0 Å². The van der Waals surface area contributed by atoms with Gasteiger partial charge in [0.2, 0.25) is 0 Å². The number of carbonyl (C=O) groups is 1. The summed E-state index contributed by atoms with van der Waals surface area (Å²) >= 11 is 14.3. The molecular weight excluding hydrogens is 460 g/mol. The molecule has 0 aliphatic carbocycles. The van der Waals surface area contributed by atoms with E-state index < -0.39 is 0 Å². The first-order valence-corrected chi connectivity index (χ1v) is 9.24. The predicted octanol–water partition coefficient (Wildman–Crippen LogP) is 5.78. The maximum atomic E-state index is 12.5. The van der Waals surface area contributed by atoms with Gasteiger partial charge in [-0.2, -0.15) is 0 Å². The number of halogens is 3. The van der Waals surface area contributed by atoms with Gasteiger partial charge in [0.05, 0.1) is 25.7 Å². The topological polar surface area (TPSA) is 31.2 Å². The van der Waals surface area contributed by atoms with Crippen LogP contribution in [0.3, 0.4) is 0 Å². The van der Waals surface area contributed by atoms with E-state index in [0.29, 0.717) is 28.9 Å². The van der Waals surface area contributed by atoms with E-state index in [4.69, 9.17) is 27.9 Å². The first kappa shape index (κ1) is 17.6. The minimum atomic E-state index is -0.321. The standard InChI is InChI=1S/C18H14Cl2INO2/c1-2-24-18(23)17-16(21)12-5-3-4-6-15(12)22(17)10-11-7-8-13(19)14(20)9-11/h3-9H,2,10H2,1H3. The van der Waals surface area contributed by atoms with Gasteiger partial charge in [-0.25, -0.2) is 4.79 Å². The second-order valence-electron chi connectivity index (χ2n) is 5.23. The van der Waals surface area contributed by atoms with Crippen LogP contribution in [0.1, 0.15) is 23.0 Å². The second-order valence-corrected chi connectivity index (χ2v) is 7.13. The van der Waals surface area contributed by atoms with E-state index in [1.807, 2.05) is 41.0 Å². The first-order chi connectivity index (χ1) is 11.5. The molecule has 0 spiro atoms. The summed E-state index contributed by atoms with van der Waals surface area (Å²) in [6, 6.07) is 13.4. The quantitative estimate of drug-likeness (QED) is 0.355.